The summed E-state index contributed by atoms with van der Waals surface area (Å²) in [5.74, 6) is -2.06. The van der Waals surface area contributed by atoms with Gasteiger partial charge in [-0.3, -0.25) is 14.5 Å². The van der Waals surface area contributed by atoms with Crippen molar-refractivity contribution in [1.82, 2.24) is 9.80 Å². The number of Topliss-reactive ketones (excluding diaryl/α,β-unsaturated/α-hetero) is 1. The van der Waals surface area contributed by atoms with Crippen molar-refractivity contribution in [3.05, 3.63) is 76.6 Å². The molecule has 0 bridgehead atoms. The molecule has 4 rings (SSSR count). The van der Waals surface area contributed by atoms with E-state index in [4.69, 9.17) is 4.74 Å². The molecule has 6 nitrogen and oxygen atoms in total. The number of hydrogen-bond donors (Lipinski definition) is 1. The largest absolute Gasteiger partial charge is 0.507 e. The van der Waals surface area contributed by atoms with Crippen molar-refractivity contribution >= 4 is 17.4 Å². The van der Waals surface area contributed by atoms with Gasteiger partial charge in [-0.2, -0.15) is 0 Å². The molecule has 2 heterocycles. The van der Waals surface area contributed by atoms with Gasteiger partial charge in [-0.05, 0) is 48.2 Å². The van der Waals surface area contributed by atoms with E-state index in [0.717, 1.165) is 37.2 Å². The third-order valence-corrected chi connectivity index (χ3v) is 6.34. The zero-order valence-corrected chi connectivity index (χ0v) is 18.8. The fraction of sp³-hybridized carbons (Fsp3) is 0.385. The van der Waals surface area contributed by atoms with Crippen LogP contribution in [-0.4, -0.2) is 66.0 Å². The maximum Gasteiger partial charge on any atom is 0.295 e. The molecule has 1 unspecified atom stereocenters. The Kier molecular flexibility index (Phi) is 7.20. The van der Waals surface area contributed by atoms with Gasteiger partial charge >= 0.3 is 0 Å². The number of benzene rings is 2. The van der Waals surface area contributed by atoms with Crippen LogP contribution in [0.1, 0.15) is 36.1 Å². The second-order valence-electron chi connectivity index (χ2n) is 8.40. The number of likely N-dealkylation sites (tertiary alicyclic amines) is 1. The first-order valence-corrected chi connectivity index (χ1v) is 11.4. The minimum atomic E-state index is -0.715. The van der Waals surface area contributed by atoms with Gasteiger partial charge in [0.05, 0.1) is 24.8 Å². The number of aliphatic hydroxyl groups excluding tert-OH is 1. The van der Waals surface area contributed by atoms with Crippen LogP contribution in [0.3, 0.4) is 0 Å². The summed E-state index contributed by atoms with van der Waals surface area (Å²) in [5, 5.41) is 11.0. The van der Waals surface area contributed by atoms with Crippen LogP contribution in [-0.2, 0) is 20.7 Å². The molecule has 2 aromatic rings. The molecular formula is C26H29FN2O4. The highest BCUT2D eigenvalue weighted by atomic mass is 19.1. The Hall–Kier alpha value is -3.03. The smallest absolute Gasteiger partial charge is 0.295 e. The summed E-state index contributed by atoms with van der Waals surface area (Å²) in [4.78, 5) is 29.9. The van der Waals surface area contributed by atoms with Crippen LogP contribution in [0.25, 0.3) is 5.76 Å². The number of nitrogens with zero attached hydrogens (tertiary/aromatic N) is 2. The molecule has 2 saturated heterocycles. The normalized spacial score (nSPS) is 21.0. The van der Waals surface area contributed by atoms with Crippen molar-refractivity contribution < 1.29 is 23.8 Å². The highest BCUT2D eigenvalue weighted by molar-refractivity contribution is 6.46. The quantitative estimate of drug-likeness (QED) is 0.395. The molecule has 2 aliphatic heterocycles. The number of carbonyl (C=O) groups excluding carboxylic acids is 2. The number of hydrogen-bond acceptors (Lipinski definition) is 5. The summed E-state index contributed by atoms with van der Waals surface area (Å²) < 4.78 is 18.8. The zero-order chi connectivity index (χ0) is 23.4. The number of rotatable bonds is 7. The van der Waals surface area contributed by atoms with Crippen molar-refractivity contribution in [3.8, 4) is 0 Å². The molecule has 1 N–H and O–H groups in total. The second-order valence-corrected chi connectivity index (χ2v) is 8.40. The number of carbonyl (C=O) groups is 2. The SMILES string of the molecule is CCc1ccc(C2/C(=C(\O)c3ccc(F)cc3)C(=O)C(=O)N2CCCN2CCOCC2)cc1. The molecule has 33 heavy (non-hydrogen) atoms. The van der Waals surface area contributed by atoms with Gasteiger partial charge in [0.25, 0.3) is 11.7 Å². The lowest BCUT2D eigenvalue weighted by Gasteiger charge is -2.29. The van der Waals surface area contributed by atoms with Gasteiger partial charge in [0.2, 0.25) is 0 Å². The van der Waals surface area contributed by atoms with Crippen molar-refractivity contribution in [2.24, 2.45) is 0 Å². The minimum Gasteiger partial charge on any atom is -0.507 e. The van der Waals surface area contributed by atoms with Crippen molar-refractivity contribution in [3.63, 3.8) is 0 Å². The van der Waals surface area contributed by atoms with E-state index in [0.29, 0.717) is 31.7 Å². The van der Waals surface area contributed by atoms with Crippen molar-refractivity contribution in [1.29, 1.82) is 0 Å². The molecule has 0 radical (unpaired) electrons. The summed E-state index contributed by atoms with van der Waals surface area (Å²) in [7, 11) is 0. The first-order valence-electron chi connectivity index (χ1n) is 11.4. The fourth-order valence-electron chi connectivity index (χ4n) is 4.45. The average molecular weight is 453 g/mol. The standard InChI is InChI=1S/C26H29FN2O4/c1-2-18-4-6-19(7-5-18)23-22(24(30)20-8-10-21(27)11-9-20)25(31)26(32)29(23)13-3-12-28-14-16-33-17-15-28/h4-11,23,30H,2-3,12-17H2,1H3/b24-22+. The van der Waals surface area contributed by atoms with Crippen LogP contribution in [0.2, 0.25) is 0 Å². The molecule has 174 valence electrons. The Morgan fingerprint density at radius 1 is 1.03 bits per heavy atom. The van der Waals surface area contributed by atoms with Crippen LogP contribution < -0.4 is 0 Å². The molecule has 2 fully saturated rings. The van der Waals surface area contributed by atoms with E-state index >= 15 is 0 Å². The van der Waals surface area contributed by atoms with Crippen molar-refractivity contribution in [2.75, 3.05) is 39.4 Å². The van der Waals surface area contributed by atoms with Gasteiger partial charge in [-0.15, -0.1) is 0 Å². The van der Waals surface area contributed by atoms with E-state index in [9.17, 15) is 19.1 Å². The predicted molar refractivity (Wildman–Crippen MR) is 123 cm³/mol. The van der Waals surface area contributed by atoms with Gasteiger partial charge in [-0.25, -0.2) is 4.39 Å². The number of aliphatic hydroxyl groups is 1. The Morgan fingerprint density at radius 3 is 2.33 bits per heavy atom. The van der Waals surface area contributed by atoms with E-state index in [-0.39, 0.29) is 11.3 Å². The number of halogens is 1. The topological polar surface area (TPSA) is 70.1 Å². The van der Waals surface area contributed by atoms with E-state index in [2.05, 4.69) is 11.8 Å². The Bertz CT molecular complexity index is 1030. The van der Waals surface area contributed by atoms with Gasteiger partial charge in [0.1, 0.15) is 11.6 Å². The lowest BCUT2D eigenvalue weighted by molar-refractivity contribution is -0.140. The van der Waals surface area contributed by atoms with E-state index in [1.54, 1.807) is 4.90 Å². The first-order chi connectivity index (χ1) is 16.0. The lowest BCUT2D eigenvalue weighted by Crippen LogP contribution is -2.38. The third kappa shape index (κ3) is 4.99. The van der Waals surface area contributed by atoms with Gasteiger partial charge in [0.15, 0.2) is 0 Å². The number of ether oxygens (including phenoxy) is 1. The lowest BCUT2D eigenvalue weighted by atomic mass is 9.94. The maximum atomic E-state index is 13.4. The van der Waals surface area contributed by atoms with Crippen LogP contribution >= 0.6 is 0 Å². The monoisotopic (exact) mass is 452 g/mol. The molecule has 0 spiro atoms. The molecule has 0 aliphatic carbocycles. The number of ketones is 1. The Labute approximate surface area is 193 Å². The molecule has 0 saturated carbocycles. The van der Waals surface area contributed by atoms with E-state index in [1.165, 1.54) is 24.3 Å². The molecule has 0 aromatic heterocycles. The first kappa shape index (κ1) is 23.1. The summed E-state index contributed by atoms with van der Waals surface area (Å²) in [6, 6.07) is 12.3. The summed E-state index contributed by atoms with van der Waals surface area (Å²) in [5.41, 5.74) is 2.25. The Balaban J connectivity index is 1.66. The highest BCUT2D eigenvalue weighted by Gasteiger charge is 2.45. The highest BCUT2D eigenvalue weighted by Crippen LogP contribution is 2.39. The summed E-state index contributed by atoms with van der Waals surface area (Å²) in [6.07, 6.45) is 1.57. The van der Waals surface area contributed by atoms with Gasteiger partial charge < -0.3 is 14.7 Å². The maximum absolute atomic E-state index is 13.4. The molecule has 7 heteroatoms. The zero-order valence-electron chi connectivity index (χ0n) is 18.8. The van der Waals surface area contributed by atoms with Crippen LogP contribution in [0.5, 0.6) is 0 Å². The summed E-state index contributed by atoms with van der Waals surface area (Å²) >= 11 is 0. The molecule has 1 amide bonds. The minimum absolute atomic E-state index is 0.0437. The molecule has 2 aromatic carbocycles. The number of amides is 1. The molecule has 1 atom stereocenters. The summed E-state index contributed by atoms with van der Waals surface area (Å²) in [6.45, 7) is 6.35. The fourth-order valence-corrected chi connectivity index (χ4v) is 4.45. The number of morpholine rings is 1. The third-order valence-electron chi connectivity index (χ3n) is 6.34. The van der Waals surface area contributed by atoms with Crippen LogP contribution in [0.15, 0.2) is 54.1 Å². The molecular weight excluding hydrogens is 423 g/mol. The Morgan fingerprint density at radius 2 is 1.70 bits per heavy atom. The number of aryl methyl sites for hydroxylation is 1. The van der Waals surface area contributed by atoms with Crippen molar-refractivity contribution in [2.45, 2.75) is 25.8 Å². The van der Waals surface area contributed by atoms with Crippen LogP contribution in [0.4, 0.5) is 4.39 Å². The van der Waals surface area contributed by atoms with Gasteiger partial charge in [0, 0.05) is 31.7 Å². The van der Waals surface area contributed by atoms with Gasteiger partial charge in [-0.1, -0.05) is 31.2 Å². The van der Waals surface area contributed by atoms with E-state index < -0.39 is 23.5 Å². The van der Waals surface area contributed by atoms with E-state index in [1.807, 2.05) is 24.3 Å². The predicted octanol–water partition coefficient (Wildman–Crippen LogP) is 3.53. The average Bonchev–Trinajstić information content (AvgIpc) is 3.10. The second kappa shape index (κ2) is 10.3. The molecule has 2 aliphatic rings. The van der Waals surface area contributed by atoms with Crippen LogP contribution in [0, 0.1) is 5.82 Å².